The van der Waals surface area contributed by atoms with E-state index in [-0.39, 0.29) is 17.3 Å². The molecule has 1 saturated heterocycles. The Morgan fingerprint density at radius 2 is 1.36 bits per heavy atom. The van der Waals surface area contributed by atoms with E-state index < -0.39 is 5.97 Å². The first-order valence-corrected chi connectivity index (χ1v) is 20.5. The predicted molar refractivity (Wildman–Crippen MR) is 214 cm³/mol. The number of benzene rings is 1. The number of carboxylic acids is 1. The van der Waals surface area contributed by atoms with Crippen LogP contribution in [0, 0.1) is 5.41 Å². The molecule has 0 saturated carbocycles. The lowest BCUT2D eigenvalue weighted by Gasteiger charge is -2.34. The van der Waals surface area contributed by atoms with Crippen molar-refractivity contribution in [1.82, 2.24) is 4.90 Å². The normalized spacial score (nSPS) is 18.5. The maximum Gasteiger partial charge on any atom is 0.305 e. The molecule has 4 rings (SSSR count). The number of aliphatic carboxylic acids is 1. The molecule has 1 aliphatic carbocycles. The lowest BCUT2D eigenvalue weighted by molar-refractivity contribution is -0.137. The van der Waals surface area contributed by atoms with Crippen LogP contribution < -0.4 is 0 Å². The second-order valence-corrected chi connectivity index (χ2v) is 15.5. The van der Waals surface area contributed by atoms with Gasteiger partial charge in [0.15, 0.2) is 0 Å². The fourth-order valence-electron chi connectivity index (χ4n) is 8.46. The topological polar surface area (TPSA) is 52.9 Å². The van der Waals surface area contributed by atoms with Crippen LogP contribution in [0.5, 0.6) is 0 Å². The number of likely N-dealkylation sites (tertiary alicyclic amines) is 1. The molecule has 1 fully saturated rings. The zero-order valence-corrected chi connectivity index (χ0v) is 32.2. The second-order valence-electron chi connectivity index (χ2n) is 15.5. The van der Waals surface area contributed by atoms with Crippen LogP contribution in [0.15, 0.2) is 88.8 Å². The van der Waals surface area contributed by atoms with Gasteiger partial charge in [-0.3, -0.25) is 9.79 Å². The number of hydrogen-bond donors (Lipinski definition) is 1. The second kappa shape index (κ2) is 20.6. The van der Waals surface area contributed by atoms with Crippen LogP contribution in [0.25, 0.3) is 0 Å². The van der Waals surface area contributed by atoms with E-state index in [9.17, 15) is 9.90 Å². The van der Waals surface area contributed by atoms with Gasteiger partial charge in [-0.25, -0.2) is 0 Å². The van der Waals surface area contributed by atoms with Crippen molar-refractivity contribution in [2.75, 3.05) is 6.54 Å². The highest BCUT2D eigenvalue weighted by Crippen LogP contribution is 2.57. The molecule has 3 aliphatic rings. The number of fused-ring (bicyclic) bond motifs is 2. The standard InChI is InChI=1S/C46H68N2O2/c1-5-7-9-11-13-15-17-26-35-46(36-27-18-16-14-12-10-8-6-2)39-29-23-25-31-41(39)48(37-34-44(49)50)43(46)33-21-19-20-32-42-45(3,4)38-28-22-24-30-40(38)47-42/h19-22,24,28-33H,5-18,23,25-27,34-37H2,1-4H3,(H,49,50)/b21-19+,32-20+,43-33+. The van der Waals surface area contributed by atoms with E-state index in [1.54, 1.807) is 0 Å². The average molecular weight is 681 g/mol. The minimum absolute atomic E-state index is 0.0532. The van der Waals surface area contributed by atoms with E-state index in [4.69, 9.17) is 4.99 Å². The van der Waals surface area contributed by atoms with Gasteiger partial charge in [-0.15, -0.1) is 0 Å². The van der Waals surface area contributed by atoms with E-state index in [1.165, 1.54) is 125 Å². The largest absolute Gasteiger partial charge is 0.481 e. The Kier molecular flexibility index (Phi) is 16.4. The zero-order valence-electron chi connectivity index (χ0n) is 32.2. The van der Waals surface area contributed by atoms with E-state index in [1.807, 2.05) is 0 Å². The lowest BCUT2D eigenvalue weighted by Crippen LogP contribution is -2.27. The van der Waals surface area contributed by atoms with Gasteiger partial charge in [-0.05, 0) is 55.0 Å². The average Bonchev–Trinajstić information content (AvgIpc) is 3.52. The summed E-state index contributed by atoms with van der Waals surface area (Å²) in [4.78, 5) is 19.2. The molecule has 0 bridgehead atoms. The highest BCUT2D eigenvalue weighted by atomic mass is 16.4. The zero-order chi connectivity index (χ0) is 35.7. The summed E-state index contributed by atoms with van der Waals surface area (Å²) in [5.74, 6) is -0.727. The molecular weight excluding hydrogens is 613 g/mol. The third-order valence-electron chi connectivity index (χ3n) is 11.4. The molecule has 50 heavy (non-hydrogen) atoms. The predicted octanol–water partition coefficient (Wildman–Crippen LogP) is 13.5. The molecule has 274 valence electrons. The Labute approximate surface area is 305 Å². The van der Waals surface area contributed by atoms with Crippen LogP contribution >= 0.6 is 0 Å². The number of carbonyl (C=O) groups is 1. The van der Waals surface area contributed by atoms with Crippen molar-refractivity contribution in [3.63, 3.8) is 0 Å². The molecule has 0 spiro atoms. The van der Waals surface area contributed by atoms with Crippen molar-refractivity contribution >= 4 is 17.4 Å². The maximum absolute atomic E-state index is 11.9. The van der Waals surface area contributed by atoms with E-state index in [2.05, 4.69) is 99.4 Å². The number of aliphatic imine (C=N–C) groups is 1. The first-order valence-electron chi connectivity index (χ1n) is 20.5. The molecule has 0 amide bonds. The molecule has 4 heteroatoms. The maximum atomic E-state index is 11.9. The molecular formula is C46H68N2O2. The van der Waals surface area contributed by atoms with Crippen molar-refractivity contribution in [3.8, 4) is 0 Å². The van der Waals surface area contributed by atoms with E-state index in [0.29, 0.717) is 6.54 Å². The van der Waals surface area contributed by atoms with Gasteiger partial charge >= 0.3 is 5.97 Å². The van der Waals surface area contributed by atoms with E-state index in [0.717, 1.165) is 37.1 Å². The third kappa shape index (κ3) is 10.7. The van der Waals surface area contributed by atoms with Gasteiger partial charge in [0.25, 0.3) is 0 Å². The molecule has 1 N–H and O–H groups in total. The van der Waals surface area contributed by atoms with Gasteiger partial charge in [0.1, 0.15) is 0 Å². The fourth-order valence-corrected chi connectivity index (χ4v) is 8.46. The van der Waals surface area contributed by atoms with Crippen LogP contribution in [-0.4, -0.2) is 28.2 Å². The first-order chi connectivity index (χ1) is 24.3. The molecule has 1 aromatic rings. The number of carboxylic acid groups (broad SMARTS) is 1. The summed E-state index contributed by atoms with van der Waals surface area (Å²) in [7, 11) is 0. The highest BCUT2D eigenvalue weighted by molar-refractivity contribution is 6.08. The molecule has 0 atom stereocenters. The first kappa shape index (κ1) is 39.6. The lowest BCUT2D eigenvalue weighted by atomic mass is 9.70. The number of para-hydroxylation sites is 1. The molecule has 4 nitrogen and oxygen atoms in total. The third-order valence-corrected chi connectivity index (χ3v) is 11.4. The number of allylic oxidation sites excluding steroid dienone is 9. The summed E-state index contributed by atoms with van der Waals surface area (Å²) in [5, 5.41) is 9.78. The van der Waals surface area contributed by atoms with Gasteiger partial charge in [-0.2, -0.15) is 0 Å². The monoisotopic (exact) mass is 681 g/mol. The molecule has 0 unspecified atom stereocenters. The van der Waals surface area contributed by atoms with Crippen LogP contribution in [0.3, 0.4) is 0 Å². The molecule has 2 aliphatic heterocycles. The minimum Gasteiger partial charge on any atom is -0.481 e. The Bertz CT molecular complexity index is 1380. The highest BCUT2D eigenvalue weighted by Gasteiger charge is 2.48. The van der Waals surface area contributed by atoms with Crippen molar-refractivity contribution in [2.45, 2.75) is 168 Å². The minimum atomic E-state index is -0.727. The van der Waals surface area contributed by atoms with Gasteiger partial charge < -0.3 is 10.0 Å². The quantitative estimate of drug-likeness (QED) is 0.0873. The summed E-state index contributed by atoms with van der Waals surface area (Å²) in [6.45, 7) is 9.60. The van der Waals surface area contributed by atoms with Crippen molar-refractivity contribution in [1.29, 1.82) is 0 Å². The van der Waals surface area contributed by atoms with Gasteiger partial charge in [-0.1, -0.05) is 179 Å². The Hall–Kier alpha value is -3.14. The van der Waals surface area contributed by atoms with Gasteiger partial charge in [0.2, 0.25) is 0 Å². The molecule has 1 aromatic carbocycles. The summed E-state index contributed by atoms with van der Waals surface area (Å²) < 4.78 is 0. The molecule has 0 aromatic heterocycles. The van der Waals surface area contributed by atoms with Crippen LogP contribution in [0.1, 0.15) is 168 Å². The van der Waals surface area contributed by atoms with Gasteiger partial charge in [0.05, 0.1) is 17.8 Å². The number of nitrogens with zero attached hydrogens (tertiary/aromatic N) is 2. The van der Waals surface area contributed by atoms with Crippen molar-refractivity contribution in [3.05, 3.63) is 89.3 Å². The summed E-state index contributed by atoms with van der Waals surface area (Å²) in [5.41, 5.74) is 7.35. The van der Waals surface area contributed by atoms with Crippen molar-refractivity contribution in [2.24, 2.45) is 10.4 Å². The number of rotatable bonds is 24. The Balaban J connectivity index is 1.58. The SMILES string of the molecule is CCCCCCCCCCC1(CCCCCCCCCC)C2=CCCC=C2N(CCC(=O)O)/C1=C/C=C/C=C/C1=Nc2ccccc2C1(C)C. The van der Waals surface area contributed by atoms with Crippen LogP contribution in [0.2, 0.25) is 0 Å². The number of hydrogen-bond acceptors (Lipinski definition) is 3. The number of unbranched alkanes of at least 4 members (excludes halogenated alkanes) is 14. The smallest absolute Gasteiger partial charge is 0.305 e. The van der Waals surface area contributed by atoms with E-state index >= 15 is 0 Å². The summed E-state index contributed by atoms with van der Waals surface area (Å²) >= 11 is 0. The summed E-state index contributed by atoms with van der Waals surface area (Å²) in [6.07, 6.45) is 41.5. The van der Waals surface area contributed by atoms with Gasteiger partial charge in [0, 0.05) is 28.8 Å². The Morgan fingerprint density at radius 3 is 1.96 bits per heavy atom. The van der Waals surface area contributed by atoms with Crippen LogP contribution in [-0.2, 0) is 10.2 Å². The summed E-state index contributed by atoms with van der Waals surface area (Å²) in [6, 6.07) is 8.45. The Morgan fingerprint density at radius 1 is 0.780 bits per heavy atom. The van der Waals surface area contributed by atoms with Crippen molar-refractivity contribution < 1.29 is 9.90 Å². The van der Waals surface area contributed by atoms with Crippen LogP contribution in [0.4, 0.5) is 5.69 Å². The fraction of sp³-hybridized carbons (Fsp3) is 0.609. The molecule has 2 heterocycles. The molecule has 0 radical (unpaired) electrons.